The lowest BCUT2D eigenvalue weighted by Crippen LogP contribution is -2.48. The van der Waals surface area contributed by atoms with Crippen molar-refractivity contribution in [2.24, 2.45) is 0 Å². The number of hydrogen-bond acceptors (Lipinski definition) is 8. The van der Waals surface area contributed by atoms with Crippen molar-refractivity contribution < 1.29 is 14.7 Å². The summed E-state index contributed by atoms with van der Waals surface area (Å²) in [7, 11) is 0. The summed E-state index contributed by atoms with van der Waals surface area (Å²) in [5, 5.41) is 18.8. The number of nitrogens with zero attached hydrogens (tertiary/aromatic N) is 5. The molecule has 0 bridgehead atoms. The van der Waals surface area contributed by atoms with Crippen LogP contribution in [-0.4, -0.2) is 63.5 Å². The highest BCUT2D eigenvalue weighted by Gasteiger charge is 2.33. The van der Waals surface area contributed by atoms with Gasteiger partial charge in [-0.3, -0.25) is 23.9 Å². The SMILES string of the molecule is CCCCn1c(N2CCN(c3ccccc3)CC2)c(/C=C2/SC(=S)N(CCCCCC(=O)O)C2=O)c(C)c(C#N)c1=O. The molecule has 1 amide bonds. The largest absolute Gasteiger partial charge is 0.481 e. The molecule has 42 heavy (non-hydrogen) atoms. The Morgan fingerprint density at radius 3 is 2.38 bits per heavy atom. The van der Waals surface area contributed by atoms with Crippen molar-refractivity contribution in [3.63, 3.8) is 0 Å². The third kappa shape index (κ3) is 7.05. The van der Waals surface area contributed by atoms with Gasteiger partial charge >= 0.3 is 5.97 Å². The van der Waals surface area contributed by atoms with E-state index in [1.807, 2.05) is 18.2 Å². The zero-order chi connectivity index (χ0) is 30.2. The molecule has 1 N–H and O–H groups in total. The Kier molecular flexibility index (Phi) is 10.8. The van der Waals surface area contributed by atoms with Crippen molar-refractivity contribution in [2.75, 3.05) is 42.5 Å². The molecule has 0 saturated carbocycles. The number of carbonyl (C=O) groups excluding carboxylic acids is 1. The average Bonchev–Trinajstić information content (AvgIpc) is 3.25. The van der Waals surface area contributed by atoms with E-state index in [2.05, 4.69) is 34.9 Å². The smallest absolute Gasteiger partial charge is 0.303 e. The number of nitriles is 1. The normalized spacial score (nSPS) is 16.4. The molecule has 0 unspecified atom stereocenters. The van der Waals surface area contributed by atoms with Crippen molar-refractivity contribution in [1.82, 2.24) is 9.47 Å². The number of hydrogen-bond donors (Lipinski definition) is 1. The molecule has 9 nitrogen and oxygen atoms in total. The van der Waals surface area contributed by atoms with Gasteiger partial charge in [0.2, 0.25) is 0 Å². The molecule has 4 rings (SSSR count). The highest BCUT2D eigenvalue weighted by atomic mass is 32.2. The Morgan fingerprint density at radius 1 is 1.05 bits per heavy atom. The molecule has 3 heterocycles. The van der Waals surface area contributed by atoms with E-state index in [0.29, 0.717) is 65.8 Å². The lowest BCUT2D eigenvalue weighted by atomic mass is 10.0. The van der Waals surface area contributed by atoms with Crippen molar-refractivity contribution in [3.8, 4) is 6.07 Å². The van der Waals surface area contributed by atoms with E-state index in [9.17, 15) is 19.6 Å². The van der Waals surface area contributed by atoms with E-state index in [0.717, 1.165) is 37.4 Å². The predicted molar refractivity (Wildman–Crippen MR) is 172 cm³/mol. The van der Waals surface area contributed by atoms with E-state index in [-0.39, 0.29) is 23.5 Å². The number of amides is 1. The minimum atomic E-state index is -0.826. The van der Waals surface area contributed by atoms with Crippen LogP contribution in [0.4, 0.5) is 11.5 Å². The number of carboxylic acids is 1. The number of para-hydroxylation sites is 1. The summed E-state index contributed by atoms with van der Waals surface area (Å²) in [6.45, 7) is 7.67. The number of thioether (sulfide) groups is 1. The molecule has 0 spiro atoms. The molecule has 1 aromatic heterocycles. The van der Waals surface area contributed by atoms with Crippen molar-refractivity contribution in [3.05, 3.63) is 62.3 Å². The van der Waals surface area contributed by atoms with Gasteiger partial charge in [0.1, 0.15) is 21.8 Å². The molecule has 0 atom stereocenters. The first-order chi connectivity index (χ1) is 20.3. The molecule has 2 aliphatic rings. The summed E-state index contributed by atoms with van der Waals surface area (Å²) >= 11 is 6.77. The van der Waals surface area contributed by atoms with Crippen molar-refractivity contribution in [2.45, 2.75) is 58.9 Å². The molecule has 0 radical (unpaired) electrons. The second-order valence-corrected chi connectivity index (χ2v) is 12.2. The van der Waals surface area contributed by atoms with Crippen LogP contribution in [0.15, 0.2) is 40.0 Å². The van der Waals surface area contributed by atoms with E-state index in [1.54, 1.807) is 22.5 Å². The number of aromatic nitrogens is 1. The minimum Gasteiger partial charge on any atom is -0.481 e. The van der Waals surface area contributed by atoms with Crippen LogP contribution in [0.3, 0.4) is 0 Å². The van der Waals surface area contributed by atoms with Gasteiger partial charge in [0, 0.05) is 56.9 Å². The number of pyridine rings is 1. The van der Waals surface area contributed by atoms with Crippen LogP contribution in [0.25, 0.3) is 6.08 Å². The summed E-state index contributed by atoms with van der Waals surface area (Å²) in [4.78, 5) is 44.4. The Morgan fingerprint density at radius 2 is 1.74 bits per heavy atom. The van der Waals surface area contributed by atoms with E-state index in [4.69, 9.17) is 17.3 Å². The monoisotopic (exact) mass is 607 g/mol. The summed E-state index contributed by atoms with van der Waals surface area (Å²) in [5.41, 5.74) is 2.23. The fourth-order valence-electron chi connectivity index (χ4n) is 5.37. The lowest BCUT2D eigenvalue weighted by Gasteiger charge is -2.39. The first-order valence-electron chi connectivity index (χ1n) is 14.5. The summed E-state index contributed by atoms with van der Waals surface area (Å²) < 4.78 is 2.18. The number of carbonyl (C=O) groups is 2. The van der Waals surface area contributed by atoms with Gasteiger partial charge in [0.05, 0.1) is 4.91 Å². The van der Waals surface area contributed by atoms with Crippen LogP contribution in [0.2, 0.25) is 0 Å². The van der Waals surface area contributed by atoms with E-state index >= 15 is 0 Å². The van der Waals surface area contributed by atoms with Crippen molar-refractivity contribution >= 4 is 57.8 Å². The first kappa shape index (κ1) is 31.3. The predicted octanol–water partition coefficient (Wildman–Crippen LogP) is 5.00. The molecule has 1 aromatic carbocycles. The molecular weight excluding hydrogens is 571 g/mol. The summed E-state index contributed by atoms with van der Waals surface area (Å²) in [6, 6.07) is 12.4. The molecule has 11 heteroatoms. The molecule has 0 aliphatic carbocycles. The second kappa shape index (κ2) is 14.5. The number of aliphatic carboxylic acids is 1. The number of piperazine rings is 1. The fourth-order valence-corrected chi connectivity index (χ4v) is 6.66. The first-order valence-corrected chi connectivity index (χ1v) is 15.7. The average molecular weight is 608 g/mol. The quantitative estimate of drug-likeness (QED) is 0.202. The standard InChI is InChI=1S/C31H37N5O4S2/c1-3-4-14-35-28(34-18-16-33(17-19-34)23-11-7-5-8-12-23)24(22(2)25(21-32)29(35)39)20-26-30(40)36(31(41)42-26)15-10-6-9-13-27(37)38/h5,7-8,11-12,20H,3-4,6,9-10,13-19H2,1-2H3,(H,37,38)/b26-20+. The van der Waals surface area contributed by atoms with Gasteiger partial charge in [-0.25, -0.2) is 0 Å². The lowest BCUT2D eigenvalue weighted by molar-refractivity contribution is -0.137. The van der Waals surface area contributed by atoms with E-state index < -0.39 is 5.97 Å². The van der Waals surface area contributed by atoms with Gasteiger partial charge in [-0.15, -0.1) is 0 Å². The highest BCUT2D eigenvalue weighted by Crippen LogP contribution is 2.36. The highest BCUT2D eigenvalue weighted by molar-refractivity contribution is 8.26. The molecular formula is C31H37N5O4S2. The topological polar surface area (TPSA) is 110 Å². The van der Waals surface area contributed by atoms with Crippen LogP contribution in [0.1, 0.15) is 62.1 Å². The molecule has 222 valence electrons. The summed E-state index contributed by atoms with van der Waals surface area (Å²) in [5.74, 6) is -0.280. The van der Waals surface area contributed by atoms with Crippen LogP contribution in [0, 0.1) is 18.3 Å². The van der Waals surface area contributed by atoms with Crippen LogP contribution in [-0.2, 0) is 16.1 Å². The number of benzene rings is 1. The fraction of sp³-hybridized carbons (Fsp3) is 0.452. The van der Waals surface area contributed by atoms with Gasteiger partial charge in [-0.2, -0.15) is 5.26 Å². The summed E-state index contributed by atoms with van der Waals surface area (Å²) in [6.07, 6.45) is 5.49. The maximum Gasteiger partial charge on any atom is 0.303 e. The van der Waals surface area contributed by atoms with Crippen LogP contribution in [0.5, 0.6) is 0 Å². The van der Waals surface area contributed by atoms with Gasteiger partial charge in [-0.1, -0.05) is 61.9 Å². The van der Waals surface area contributed by atoms with Gasteiger partial charge < -0.3 is 14.9 Å². The molecule has 2 fully saturated rings. The Hall–Kier alpha value is -3.62. The number of rotatable bonds is 12. The molecule has 2 aliphatic heterocycles. The Bertz CT molecular complexity index is 1460. The maximum absolute atomic E-state index is 13.6. The number of thiocarbonyl (C=S) groups is 1. The van der Waals surface area contributed by atoms with Gasteiger partial charge in [0.25, 0.3) is 11.5 Å². The number of anilines is 2. The minimum absolute atomic E-state index is 0.0953. The Labute approximate surface area is 256 Å². The van der Waals surface area contributed by atoms with Crippen LogP contribution >= 0.6 is 24.0 Å². The zero-order valence-corrected chi connectivity index (χ0v) is 25.8. The zero-order valence-electron chi connectivity index (χ0n) is 24.2. The Balaban J connectivity index is 1.68. The van der Waals surface area contributed by atoms with Crippen LogP contribution < -0.4 is 15.4 Å². The second-order valence-electron chi connectivity index (χ2n) is 10.5. The number of unbranched alkanes of at least 4 members (excludes halogenated alkanes) is 3. The third-order valence-corrected chi connectivity index (χ3v) is 9.08. The maximum atomic E-state index is 13.6. The van der Waals surface area contributed by atoms with E-state index in [1.165, 1.54) is 11.8 Å². The molecule has 2 saturated heterocycles. The van der Waals surface area contributed by atoms with Gasteiger partial charge in [0.15, 0.2) is 0 Å². The van der Waals surface area contributed by atoms with Crippen molar-refractivity contribution in [1.29, 1.82) is 5.26 Å². The third-order valence-electron chi connectivity index (χ3n) is 7.70. The molecule has 2 aromatic rings. The van der Waals surface area contributed by atoms with Gasteiger partial charge in [-0.05, 0) is 50.0 Å². The number of carboxylic acid groups (broad SMARTS) is 1.